The average molecular weight is 366 g/mol. The maximum absolute atomic E-state index is 14.2. The number of hydrogen-bond donors (Lipinski definition) is 3. The van der Waals surface area contributed by atoms with Crippen LogP contribution in [0.15, 0.2) is 54.7 Å². The first-order valence-electron chi connectivity index (χ1n) is 7.96. The molecule has 0 unspecified atom stereocenters. The van der Waals surface area contributed by atoms with Gasteiger partial charge < -0.3 is 15.5 Å². The molecule has 0 spiro atoms. The molecular weight excluding hydrogens is 351 g/mol. The number of rotatable bonds is 4. The quantitative estimate of drug-likeness (QED) is 0.650. The minimum Gasteiger partial charge on any atom is -0.507 e. The number of hydrogen-bond acceptors (Lipinski definition) is 4. The monoisotopic (exact) mass is 366 g/mol. The number of nitrogens with one attached hydrogen (secondary N) is 1. The highest BCUT2D eigenvalue weighted by atomic mass is 19.1. The van der Waals surface area contributed by atoms with Crippen LogP contribution in [0.4, 0.5) is 10.1 Å². The second-order valence-electron chi connectivity index (χ2n) is 5.81. The summed E-state index contributed by atoms with van der Waals surface area (Å²) in [6.07, 6.45) is 1.34. The minimum atomic E-state index is -1.18. The largest absolute Gasteiger partial charge is 0.507 e. The molecule has 0 bridgehead atoms. The number of carboxylic acids is 1. The Balaban J connectivity index is 2.06. The van der Waals surface area contributed by atoms with E-state index < -0.39 is 17.7 Å². The Morgan fingerprint density at radius 3 is 2.30 bits per heavy atom. The number of carbonyl (C=O) groups excluding carboxylic acids is 1. The van der Waals surface area contributed by atoms with Gasteiger partial charge in [-0.3, -0.25) is 4.79 Å². The van der Waals surface area contributed by atoms with Crippen LogP contribution in [-0.2, 0) is 4.79 Å². The molecule has 1 amide bonds. The third-order valence-corrected chi connectivity index (χ3v) is 3.92. The number of halogens is 1. The Morgan fingerprint density at radius 1 is 1.04 bits per heavy atom. The summed E-state index contributed by atoms with van der Waals surface area (Å²) in [6, 6.07) is 12.0. The van der Waals surface area contributed by atoms with Crippen LogP contribution in [0.25, 0.3) is 22.3 Å². The molecule has 1 aromatic heterocycles. The van der Waals surface area contributed by atoms with E-state index in [1.807, 2.05) is 0 Å². The molecule has 0 saturated carbocycles. The molecule has 136 valence electrons. The molecule has 0 aliphatic carbocycles. The first-order valence-corrected chi connectivity index (χ1v) is 7.96. The van der Waals surface area contributed by atoms with Crippen LogP contribution >= 0.6 is 0 Å². The number of aromatic carboxylic acids is 1. The van der Waals surface area contributed by atoms with Crippen molar-refractivity contribution in [1.29, 1.82) is 0 Å². The van der Waals surface area contributed by atoms with Crippen molar-refractivity contribution in [1.82, 2.24) is 4.98 Å². The van der Waals surface area contributed by atoms with Crippen LogP contribution in [0.5, 0.6) is 5.75 Å². The molecule has 3 rings (SSSR count). The van der Waals surface area contributed by atoms with Gasteiger partial charge in [-0.15, -0.1) is 0 Å². The number of carboxylic acid groups (broad SMARTS) is 1. The molecule has 27 heavy (non-hydrogen) atoms. The van der Waals surface area contributed by atoms with Crippen molar-refractivity contribution in [3.8, 4) is 28.0 Å². The summed E-state index contributed by atoms with van der Waals surface area (Å²) < 4.78 is 14.2. The van der Waals surface area contributed by atoms with E-state index in [4.69, 9.17) is 5.11 Å². The van der Waals surface area contributed by atoms with Gasteiger partial charge in [-0.05, 0) is 35.4 Å². The number of aromatic hydroxyl groups is 1. The predicted molar refractivity (Wildman–Crippen MR) is 98.0 cm³/mol. The Bertz CT molecular complexity index is 1050. The molecule has 0 saturated heterocycles. The van der Waals surface area contributed by atoms with Crippen molar-refractivity contribution in [2.75, 3.05) is 5.32 Å². The molecule has 3 aromatic rings. The van der Waals surface area contributed by atoms with Gasteiger partial charge >= 0.3 is 5.97 Å². The number of phenols is 1. The minimum absolute atomic E-state index is 0.0436. The molecule has 2 aromatic carbocycles. The molecule has 0 fully saturated rings. The Labute approximate surface area is 153 Å². The fourth-order valence-electron chi connectivity index (χ4n) is 2.70. The zero-order valence-electron chi connectivity index (χ0n) is 14.2. The van der Waals surface area contributed by atoms with E-state index in [-0.39, 0.29) is 17.1 Å². The van der Waals surface area contributed by atoms with Crippen LogP contribution in [0.2, 0.25) is 0 Å². The SMILES string of the molecule is CC(=O)Nc1ccc(-c2cccc(-c3ccnc(C(=O)O)c3)c2O)cc1F. The third-order valence-electron chi connectivity index (χ3n) is 3.92. The molecule has 0 aliphatic heterocycles. The number of nitrogens with zero attached hydrogens (tertiary/aromatic N) is 1. The Morgan fingerprint density at radius 2 is 1.70 bits per heavy atom. The van der Waals surface area contributed by atoms with Gasteiger partial charge in [-0.1, -0.05) is 24.3 Å². The summed E-state index contributed by atoms with van der Waals surface area (Å²) in [4.78, 5) is 25.9. The van der Waals surface area contributed by atoms with Crippen LogP contribution in [0.3, 0.4) is 0 Å². The smallest absolute Gasteiger partial charge is 0.354 e. The van der Waals surface area contributed by atoms with Crippen molar-refractivity contribution in [2.45, 2.75) is 6.92 Å². The van der Waals surface area contributed by atoms with Gasteiger partial charge in [0.2, 0.25) is 5.91 Å². The summed E-state index contributed by atoms with van der Waals surface area (Å²) in [7, 11) is 0. The zero-order valence-corrected chi connectivity index (χ0v) is 14.2. The van der Waals surface area contributed by atoms with Crippen LogP contribution < -0.4 is 5.32 Å². The van der Waals surface area contributed by atoms with Crippen LogP contribution in [-0.4, -0.2) is 27.1 Å². The summed E-state index contributed by atoms with van der Waals surface area (Å²) >= 11 is 0. The lowest BCUT2D eigenvalue weighted by atomic mass is 9.97. The average Bonchev–Trinajstić information content (AvgIpc) is 2.63. The number of amides is 1. The van der Waals surface area contributed by atoms with Gasteiger partial charge in [0.25, 0.3) is 0 Å². The topological polar surface area (TPSA) is 99.5 Å². The van der Waals surface area contributed by atoms with Gasteiger partial charge in [0.1, 0.15) is 17.3 Å². The molecule has 0 radical (unpaired) electrons. The first kappa shape index (κ1) is 18.1. The number of phenolic OH excluding ortho intramolecular Hbond substituents is 1. The fraction of sp³-hybridized carbons (Fsp3) is 0.0500. The second-order valence-corrected chi connectivity index (χ2v) is 5.81. The van der Waals surface area contributed by atoms with E-state index in [9.17, 15) is 19.1 Å². The summed E-state index contributed by atoms with van der Waals surface area (Å²) in [6.45, 7) is 1.28. The molecule has 3 N–H and O–H groups in total. The Kier molecular flexibility index (Phi) is 4.85. The van der Waals surface area contributed by atoms with Gasteiger partial charge in [0.15, 0.2) is 0 Å². The highest BCUT2D eigenvalue weighted by Crippen LogP contribution is 2.38. The van der Waals surface area contributed by atoms with Gasteiger partial charge in [-0.25, -0.2) is 14.2 Å². The maximum Gasteiger partial charge on any atom is 0.354 e. The number of aromatic nitrogens is 1. The van der Waals surface area contributed by atoms with Gasteiger partial charge in [-0.2, -0.15) is 0 Å². The molecule has 0 atom stereocenters. The number of para-hydroxylation sites is 1. The van der Waals surface area contributed by atoms with E-state index in [0.29, 0.717) is 22.3 Å². The summed E-state index contributed by atoms with van der Waals surface area (Å²) in [5.41, 5.74) is 1.54. The first-order chi connectivity index (χ1) is 12.9. The maximum atomic E-state index is 14.2. The lowest BCUT2D eigenvalue weighted by Gasteiger charge is -2.12. The predicted octanol–water partition coefficient (Wildman–Crippen LogP) is 3.92. The lowest BCUT2D eigenvalue weighted by Crippen LogP contribution is -2.07. The number of benzene rings is 2. The van der Waals surface area contributed by atoms with Crippen LogP contribution in [0.1, 0.15) is 17.4 Å². The van der Waals surface area contributed by atoms with Gasteiger partial charge in [0.05, 0.1) is 5.69 Å². The number of pyridine rings is 1. The van der Waals surface area contributed by atoms with Crippen molar-refractivity contribution in [3.63, 3.8) is 0 Å². The zero-order chi connectivity index (χ0) is 19.6. The summed E-state index contributed by atoms with van der Waals surface area (Å²) in [5, 5.41) is 22.1. The standard InChI is InChI=1S/C20H15FN2O4/c1-11(24)23-17-6-5-12(9-16(17)21)14-3-2-4-15(19(14)25)13-7-8-22-18(10-13)20(26)27/h2-10,25H,1H3,(H,23,24)(H,26,27). The third kappa shape index (κ3) is 3.77. The van der Waals surface area contributed by atoms with Crippen molar-refractivity contribution < 1.29 is 24.2 Å². The van der Waals surface area contributed by atoms with Crippen molar-refractivity contribution in [2.24, 2.45) is 0 Å². The lowest BCUT2D eigenvalue weighted by molar-refractivity contribution is -0.114. The van der Waals surface area contributed by atoms with Crippen molar-refractivity contribution in [3.05, 3.63) is 66.2 Å². The normalized spacial score (nSPS) is 10.4. The molecule has 0 aliphatic rings. The van der Waals surface area contributed by atoms with Crippen LogP contribution in [0, 0.1) is 5.82 Å². The van der Waals surface area contributed by atoms with Gasteiger partial charge in [0, 0.05) is 24.2 Å². The van der Waals surface area contributed by atoms with E-state index in [1.165, 1.54) is 31.3 Å². The highest BCUT2D eigenvalue weighted by molar-refractivity contribution is 5.90. The molecule has 7 heteroatoms. The van der Waals surface area contributed by atoms with E-state index in [2.05, 4.69) is 10.3 Å². The number of carbonyl (C=O) groups is 2. The summed E-state index contributed by atoms with van der Waals surface area (Å²) in [5.74, 6) is -2.32. The van der Waals surface area contributed by atoms with Crippen molar-refractivity contribution >= 4 is 17.6 Å². The molecular formula is C20H15FN2O4. The fourth-order valence-corrected chi connectivity index (χ4v) is 2.70. The highest BCUT2D eigenvalue weighted by Gasteiger charge is 2.14. The van der Waals surface area contributed by atoms with E-state index in [0.717, 1.165) is 0 Å². The number of anilines is 1. The molecule has 6 nitrogen and oxygen atoms in total. The Hall–Kier alpha value is -3.74. The van der Waals surface area contributed by atoms with E-state index >= 15 is 0 Å². The van der Waals surface area contributed by atoms with E-state index in [1.54, 1.807) is 30.3 Å². The molecule has 1 heterocycles. The second kappa shape index (κ2) is 7.25.